The van der Waals surface area contributed by atoms with Crippen LogP contribution in [0.4, 0.5) is 0 Å². The summed E-state index contributed by atoms with van der Waals surface area (Å²) >= 11 is 12.1. The number of halogens is 2. The van der Waals surface area contributed by atoms with E-state index in [1.165, 1.54) is 19.4 Å². The number of pyridine rings is 1. The number of aromatic nitrogens is 1. The van der Waals surface area contributed by atoms with E-state index in [1.807, 2.05) is 6.07 Å². The van der Waals surface area contributed by atoms with E-state index in [0.717, 1.165) is 31.2 Å². The summed E-state index contributed by atoms with van der Waals surface area (Å²) in [6.45, 7) is 4.21. The van der Waals surface area contributed by atoms with Crippen molar-refractivity contribution in [1.29, 1.82) is 0 Å². The summed E-state index contributed by atoms with van der Waals surface area (Å²) in [4.78, 5) is 9.00. The monoisotopic (exact) mass is 301 g/mol. The van der Waals surface area contributed by atoms with Crippen molar-refractivity contribution in [2.45, 2.75) is 19.4 Å². The van der Waals surface area contributed by atoms with Gasteiger partial charge in [0.15, 0.2) is 0 Å². The van der Waals surface area contributed by atoms with Gasteiger partial charge in [-0.3, -0.25) is 4.90 Å². The molecule has 5 heteroatoms. The van der Waals surface area contributed by atoms with Gasteiger partial charge < -0.3 is 4.90 Å². The zero-order valence-corrected chi connectivity index (χ0v) is 13.1. The normalized spacial score (nSPS) is 18.2. The van der Waals surface area contributed by atoms with Gasteiger partial charge in [-0.25, -0.2) is 4.98 Å². The Hall–Kier alpha value is -0.350. The van der Waals surface area contributed by atoms with Crippen LogP contribution in [-0.4, -0.2) is 48.5 Å². The van der Waals surface area contributed by atoms with Crippen LogP contribution in [0.5, 0.6) is 0 Å². The molecule has 19 heavy (non-hydrogen) atoms. The van der Waals surface area contributed by atoms with E-state index in [0.29, 0.717) is 10.2 Å². The van der Waals surface area contributed by atoms with Crippen LogP contribution in [0.3, 0.4) is 0 Å². The van der Waals surface area contributed by atoms with Crippen LogP contribution in [0.15, 0.2) is 12.1 Å². The van der Waals surface area contributed by atoms with Crippen molar-refractivity contribution >= 4 is 23.2 Å². The Morgan fingerprint density at radius 3 is 2.58 bits per heavy atom. The van der Waals surface area contributed by atoms with Gasteiger partial charge in [-0.2, -0.15) is 0 Å². The molecule has 0 unspecified atom stereocenters. The first-order valence-corrected chi connectivity index (χ1v) is 7.48. The maximum absolute atomic E-state index is 6.16. The fraction of sp³-hybridized carbons (Fsp3) is 0.643. The van der Waals surface area contributed by atoms with Crippen LogP contribution in [0.25, 0.3) is 0 Å². The van der Waals surface area contributed by atoms with Gasteiger partial charge in [0.2, 0.25) is 0 Å². The van der Waals surface area contributed by atoms with Gasteiger partial charge in [-0.05, 0) is 58.1 Å². The topological polar surface area (TPSA) is 19.4 Å². The average molecular weight is 302 g/mol. The highest BCUT2D eigenvalue weighted by Gasteiger charge is 2.20. The fourth-order valence-electron chi connectivity index (χ4n) is 2.62. The number of likely N-dealkylation sites (tertiary alicyclic amines) is 1. The molecule has 0 radical (unpaired) electrons. The molecule has 1 aromatic rings. The number of rotatable bonds is 4. The van der Waals surface area contributed by atoms with Crippen molar-refractivity contribution < 1.29 is 0 Å². The number of hydrogen-bond donors (Lipinski definition) is 0. The molecule has 1 aliphatic heterocycles. The molecular weight excluding hydrogens is 281 g/mol. The second-order valence-electron chi connectivity index (χ2n) is 5.54. The summed E-state index contributed by atoms with van der Waals surface area (Å²) in [5.74, 6) is 0.814. The minimum atomic E-state index is 0.516. The zero-order chi connectivity index (χ0) is 13.8. The summed E-state index contributed by atoms with van der Waals surface area (Å²) < 4.78 is 0. The largest absolute Gasteiger partial charge is 0.309 e. The smallest absolute Gasteiger partial charge is 0.129 e. The van der Waals surface area contributed by atoms with Crippen LogP contribution >= 0.6 is 23.2 Å². The highest BCUT2D eigenvalue weighted by atomic mass is 35.5. The summed E-state index contributed by atoms with van der Waals surface area (Å²) in [7, 11) is 4.28. The summed E-state index contributed by atoms with van der Waals surface area (Å²) in [5, 5.41) is 1.22. The Morgan fingerprint density at radius 1 is 1.26 bits per heavy atom. The minimum Gasteiger partial charge on any atom is -0.309 e. The molecule has 106 valence electrons. The van der Waals surface area contributed by atoms with Gasteiger partial charge in [0.25, 0.3) is 0 Å². The van der Waals surface area contributed by atoms with Crippen LogP contribution in [0.1, 0.15) is 18.5 Å². The van der Waals surface area contributed by atoms with Crippen molar-refractivity contribution in [3.05, 3.63) is 28.0 Å². The van der Waals surface area contributed by atoms with E-state index < -0.39 is 0 Å². The first kappa shape index (κ1) is 15.0. The minimum absolute atomic E-state index is 0.516. The lowest BCUT2D eigenvalue weighted by Crippen LogP contribution is -2.36. The van der Waals surface area contributed by atoms with E-state index in [1.54, 1.807) is 6.07 Å². The summed E-state index contributed by atoms with van der Waals surface area (Å²) in [6, 6.07) is 3.56. The molecule has 1 fully saturated rings. The molecule has 1 saturated heterocycles. The first-order valence-electron chi connectivity index (χ1n) is 6.72. The third-order valence-corrected chi connectivity index (χ3v) is 4.14. The molecule has 0 aromatic carbocycles. The van der Waals surface area contributed by atoms with Gasteiger partial charge in [0.1, 0.15) is 5.15 Å². The molecule has 0 bridgehead atoms. The molecular formula is C14H21Cl2N3. The van der Waals surface area contributed by atoms with Crippen molar-refractivity contribution in [2.24, 2.45) is 5.92 Å². The van der Waals surface area contributed by atoms with Gasteiger partial charge >= 0.3 is 0 Å². The molecule has 1 aliphatic rings. The number of nitrogens with zero attached hydrogens (tertiary/aromatic N) is 3. The van der Waals surface area contributed by atoms with E-state index in [9.17, 15) is 0 Å². The lowest BCUT2D eigenvalue weighted by molar-refractivity contribution is 0.155. The van der Waals surface area contributed by atoms with E-state index in [-0.39, 0.29) is 0 Å². The third kappa shape index (κ3) is 4.60. The van der Waals surface area contributed by atoms with Crippen molar-refractivity contribution in [2.75, 3.05) is 33.7 Å². The first-order chi connectivity index (χ1) is 9.04. The van der Waals surface area contributed by atoms with Gasteiger partial charge in [0, 0.05) is 13.1 Å². The lowest BCUT2D eigenvalue weighted by Gasteiger charge is -2.33. The second-order valence-corrected chi connectivity index (χ2v) is 6.34. The fourth-order valence-corrected chi connectivity index (χ4v) is 2.95. The van der Waals surface area contributed by atoms with E-state index >= 15 is 0 Å². The van der Waals surface area contributed by atoms with Gasteiger partial charge in [0.05, 0.1) is 10.7 Å². The molecule has 3 nitrogen and oxygen atoms in total. The van der Waals surface area contributed by atoms with Gasteiger partial charge in [-0.15, -0.1) is 0 Å². The molecule has 0 amide bonds. The highest BCUT2D eigenvalue weighted by molar-refractivity contribution is 6.32. The molecule has 0 N–H and O–H groups in total. The molecule has 2 heterocycles. The number of piperidine rings is 1. The Morgan fingerprint density at radius 2 is 1.95 bits per heavy atom. The third-order valence-electron chi connectivity index (χ3n) is 3.59. The van der Waals surface area contributed by atoms with Crippen LogP contribution in [0.2, 0.25) is 10.2 Å². The predicted molar refractivity (Wildman–Crippen MR) is 80.8 cm³/mol. The Bertz CT molecular complexity index is 415. The standard InChI is InChI=1S/C14H21Cl2N3/c1-18(2)9-11-5-7-19(8-6-11)10-13-12(15)3-4-14(16)17-13/h3-4,11H,5-10H2,1-2H3. The van der Waals surface area contributed by atoms with Gasteiger partial charge in [-0.1, -0.05) is 23.2 Å². The van der Waals surface area contributed by atoms with Crippen molar-refractivity contribution in [3.63, 3.8) is 0 Å². The molecule has 0 atom stereocenters. The molecule has 0 spiro atoms. The maximum Gasteiger partial charge on any atom is 0.129 e. The van der Waals surface area contributed by atoms with Crippen molar-refractivity contribution in [1.82, 2.24) is 14.8 Å². The Balaban J connectivity index is 1.87. The van der Waals surface area contributed by atoms with E-state index in [2.05, 4.69) is 28.9 Å². The average Bonchev–Trinajstić information content (AvgIpc) is 2.35. The SMILES string of the molecule is CN(C)CC1CCN(Cc2nc(Cl)ccc2Cl)CC1. The maximum atomic E-state index is 6.16. The van der Waals surface area contributed by atoms with E-state index in [4.69, 9.17) is 23.2 Å². The summed E-state index contributed by atoms with van der Waals surface area (Å²) in [5.41, 5.74) is 0.889. The Kier molecular flexibility index (Phi) is 5.46. The molecule has 0 saturated carbocycles. The highest BCUT2D eigenvalue weighted by Crippen LogP contribution is 2.22. The number of hydrogen-bond acceptors (Lipinski definition) is 3. The van der Waals surface area contributed by atoms with Crippen LogP contribution in [-0.2, 0) is 6.54 Å². The quantitative estimate of drug-likeness (QED) is 0.796. The molecule has 1 aromatic heterocycles. The summed E-state index contributed by atoms with van der Waals surface area (Å²) in [6.07, 6.45) is 2.49. The molecule has 0 aliphatic carbocycles. The second kappa shape index (κ2) is 6.89. The van der Waals surface area contributed by atoms with Crippen LogP contribution in [0, 0.1) is 5.92 Å². The van der Waals surface area contributed by atoms with Crippen LogP contribution < -0.4 is 0 Å². The lowest BCUT2D eigenvalue weighted by atomic mass is 9.96. The predicted octanol–water partition coefficient (Wildman–Crippen LogP) is 3.16. The zero-order valence-electron chi connectivity index (χ0n) is 11.6. The van der Waals surface area contributed by atoms with Crippen molar-refractivity contribution in [3.8, 4) is 0 Å². The Labute approximate surface area is 125 Å². The molecule has 2 rings (SSSR count).